The molecule has 0 saturated carbocycles. The number of carbonyl (C=O) groups is 3. The first kappa shape index (κ1) is 15.6. The maximum absolute atomic E-state index is 12.2. The summed E-state index contributed by atoms with van der Waals surface area (Å²) in [6, 6.07) is 9.58. The van der Waals surface area contributed by atoms with Gasteiger partial charge in [0.1, 0.15) is 0 Å². The van der Waals surface area contributed by atoms with Gasteiger partial charge in [-0.25, -0.2) is 0 Å². The molecule has 0 spiro atoms. The minimum Gasteiger partial charge on any atom is -0.354 e. The summed E-state index contributed by atoms with van der Waals surface area (Å²) in [6.07, 6.45) is 0.702. The summed E-state index contributed by atoms with van der Waals surface area (Å²) >= 11 is 1.00. The number of hydrogen-bond donors (Lipinski definition) is 1. The van der Waals surface area contributed by atoms with Crippen molar-refractivity contribution in [1.82, 2.24) is 10.2 Å². The fourth-order valence-electron chi connectivity index (χ4n) is 2.27. The topological polar surface area (TPSA) is 66.5 Å². The molecule has 0 radical (unpaired) electrons. The molecule has 6 heteroatoms. The fraction of sp³-hybridized carbons (Fsp3) is 0.400. The first-order valence-corrected chi connectivity index (χ1v) is 7.91. The van der Waals surface area contributed by atoms with Crippen LogP contribution in [0.4, 0.5) is 4.79 Å². The van der Waals surface area contributed by atoms with E-state index in [2.05, 4.69) is 5.32 Å². The van der Waals surface area contributed by atoms with E-state index < -0.39 is 0 Å². The molecule has 1 aromatic carbocycles. The van der Waals surface area contributed by atoms with Gasteiger partial charge < -0.3 is 5.32 Å². The number of amides is 3. The van der Waals surface area contributed by atoms with Gasteiger partial charge in [-0.2, -0.15) is 0 Å². The van der Waals surface area contributed by atoms with Crippen LogP contribution in [0.15, 0.2) is 30.3 Å². The summed E-state index contributed by atoms with van der Waals surface area (Å²) in [4.78, 5) is 36.3. The van der Waals surface area contributed by atoms with E-state index >= 15 is 0 Å². The Bertz CT molecular complexity index is 517. The van der Waals surface area contributed by atoms with Gasteiger partial charge in [0.15, 0.2) is 0 Å². The average Bonchev–Trinajstić information content (AvgIpc) is 2.81. The zero-order chi connectivity index (χ0) is 15.2. The Morgan fingerprint density at radius 2 is 2.05 bits per heavy atom. The number of carbonyl (C=O) groups excluding carboxylic acids is 3. The van der Waals surface area contributed by atoms with Crippen molar-refractivity contribution in [2.45, 2.75) is 19.3 Å². The van der Waals surface area contributed by atoms with Crippen molar-refractivity contribution in [1.29, 1.82) is 0 Å². The van der Waals surface area contributed by atoms with Crippen LogP contribution < -0.4 is 5.32 Å². The molecule has 3 amide bonds. The van der Waals surface area contributed by atoms with Crippen molar-refractivity contribution < 1.29 is 14.4 Å². The Morgan fingerprint density at radius 1 is 1.33 bits per heavy atom. The maximum Gasteiger partial charge on any atom is 0.288 e. The first-order valence-electron chi connectivity index (χ1n) is 6.93. The minimum absolute atomic E-state index is 0.0737. The van der Waals surface area contributed by atoms with Gasteiger partial charge in [0.2, 0.25) is 11.8 Å². The third kappa shape index (κ3) is 3.85. The van der Waals surface area contributed by atoms with Crippen LogP contribution in [0.3, 0.4) is 0 Å². The fourth-order valence-corrected chi connectivity index (χ4v) is 3.02. The SMILES string of the molecule is CC[C@H](C(=O)NCCN1C(=O)CSC1=O)c1ccccc1. The largest absolute Gasteiger partial charge is 0.354 e. The first-order chi connectivity index (χ1) is 10.1. The minimum atomic E-state index is -0.232. The van der Waals surface area contributed by atoms with Crippen molar-refractivity contribution in [2.24, 2.45) is 0 Å². The van der Waals surface area contributed by atoms with Gasteiger partial charge in [-0.15, -0.1) is 0 Å². The van der Waals surface area contributed by atoms with Crippen LogP contribution in [0, 0.1) is 0 Å². The molecule has 1 aliphatic rings. The molecule has 1 saturated heterocycles. The summed E-state index contributed by atoms with van der Waals surface area (Å²) in [5, 5.41) is 2.57. The second-order valence-corrected chi connectivity index (χ2v) is 5.69. The number of thioether (sulfide) groups is 1. The molecule has 0 aliphatic carbocycles. The Hall–Kier alpha value is -1.82. The highest BCUT2D eigenvalue weighted by molar-refractivity contribution is 8.14. The number of nitrogens with one attached hydrogen (secondary N) is 1. The van der Waals surface area contributed by atoms with Gasteiger partial charge in [-0.3, -0.25) is 19.3 Å². The molecule has 112 valence electrons. The summed E-state index contributed by atoms with van der Waals surface area (Å²) in [6.45, 7) is 2.49. The lowest BCUT2D eigenvalue weighted by Crippen LogP contribution is -2.39. The zero-order valence-electron chi connectivity index (χ0n) is 11.9. The van der Waals surface area contributed by atoms with Gasteiger partial charge in [0.05, 0.1) is 11.7 Å². The molecule has 21 heavy (non-hydrogen) atoms. The van der Waals surface area contributed by atoms with Gasteiger partial charge in [0, 0.05) is 13.1 Å². The maximum atomic E-state index is 12.2. The zero-order valence-corrected chi connectivity index (χ0v) is 12.7. The number of rotatable bonds is 6. The summed E-state index contributed by atoms with van der Waals surface area (Å²) in [7, 11) is 0. The van der Waals surface area contributed by atoms with E-state index in [1.54, 1.807) is 0 Å². The average molecular weight is 306 g/mol. The van der Waals surface area contributed by atoms with Crippen LogP contribution in [0.2, 0.25) is 0 Å². The number of nitrogens with zero attached hydrogens (tertiary/aromatic N) is 1. The van der Waals surface area contributed by atoms with Crippen LogP contribution in [-0.2, 0) is 9.59 Å². The van der Waals surface area contributed by atoms with E-state index in [0.717, 1.165) is 17.3 Å². The summed E-state index contributed by atoms with van der Waals surface area (Å²) < 4.78 is 0. The lowest BCUT2D eigenvalue weighted by Gasteiger charge is -2.17. The summed E-state index contributed by atoms with van der Waals surface area (Å²) in [5.74, 6) is -0.260. The third-order valence-electron chi connectivity index (χ3n) is 3.40. The highest BCUT2D eigenvalue weighted by Crippen LogP contribution is 2.20. The lowest BCUT2D eigenvalue weighted by atomic mass is 9.96. The summed E-state index contributed by atoms with van der Waals surface area (Å²) in [5.41, 5.74) is 0.974. The molecule has 5 nitrogen and oxygen atoms in total. The van der Waals surface area contributed by atoms with Crippen LogP contribution in [0.5, 0.6) is 0 Å². The Morgan fingerprint density at radius 3 is 2.62 bits per heavy atom. The normalized spacial score (nSPS) is 16.1. The van der Waals surface area contributed by atoms with E-state index in [1.165, 1.54) is 4.90 Å². The van der Waals surface area contributed by atoms with Gasteiger partial charge >= 0.3 is 0 Å². The number of hydrogen-bond acceptors (Lipinski definition) is 4. The standard InChI is InChI=1S/C15H18N2O3S/c1-2-12(11-6-4-3-5-7-11)14(19)16-8-9-17-13(18)10-21-15(17)20/h3-7,12H,2,8-10H2,1H3,(H,16,19)/t12-/m0/s1. The van der Waals surface area contributed by atoms with E-state index in [4.69, 9.17) is 0 Å². The number of benzene rings is 1. The monoisotopic (exact) mass is 306 g/mol. The van der Waals surface area contributed by atoms with Crippen LogP contribution >= 0.6 is 11.8 Å². The molecule has 1 fully saturated rings. The lowest BCUT2D eigenvalue weighted by molar-refractivity contribution is -0.126. The van der Waals surface area contributed by atoms with Crippen molar-refractivity contribution >= 4 is 28.8 Å². The Balaban J connectivity index is 1.86. The molecule has 1 heterocycles. The van der Waals surface area contributed by atoms with E-state index in [0.29, 0.717) is 13.0 Å². The van der Waals surface area contributed by atoms with Crippen molar-refractivity contribution in [3.8, 4) is 0 Å². The number of imide groups is 1. The van der Waals surface area contributed by atoms with Crippen molar-refractivity contribution in [3.63, 3.8) is 0 Å². The highest BCUT2D eigenvalue weighted by atomic mass is 32.2. The van der Waals surface area contributed by atoms with Crippen LogP contribution in [0.1, 0.15) is 24.8 Å². The van der Waals surface area contributed by atoms with Gasteiger partial charge in [0.25, 0.3) is 5.24 Å². The molecule has 1 atom stereocenters. The predicted octanol–water partition coefficient (Wildman–Crippen LogP) is 1.99. The molecule has 1 N–H and O–H groups in total. The molecule has 1 aliphatic heterocycles. The van der Waals surface area contributed by atoms with Gasteiger partial charge in [-0.1, -0.05) is 49.0 Å². The quantitative estimate of drug-likeness (QED) is 0.873. The van der Waals surface area contributed by atoms with E-state index in [1.807, 2.05) is 37.3 Å². The molecule has 0 aromatic heterocycles. The second-order valence-electron chi connectivity index (χ2n) is 4.76. The van der Waals surface area contributed by atoms with Crippen LogP contribution in [-0.4, -0.2) is 40.8 Å². The third-order valence-corrected chi connectivity index (χ3v) is 4.26. The molecule has 0 bridgehead atoms. The van der Waals surface area contributed by atoms with Crippen LogP contribution in [0.25, 0.3) is 0 Å². The Kier molecular flexibility index (Phi) is 5.38. The molecule has 1 aromatic rings. The van der Waals surface area contributed by atoms with Gasteiger partial charge in [-0.05, 0) is 12.0 Å². The molecular weight excluding hydrogens is 288 g/mol. The Labute approximate surface area is 128 Å². The van der Waals surface area contributed by atoms with E-state index in [9.17, 15) is 14.4 Å². The van der Waals surface area contributed by atoms with E-state index in [-0.39, 0.29) is 35.3 Å². The van der Waals surface area contributed by atoms with Crippen molar-refractivity contribution in [3.05, 3.63) is 35.9 Å². The van der Waals surface area contributed by atoms with Crippen molar-refractivity contribution in [2.75, 3.05) is 18.8 Å². The molecular formula is C15H18N2O3S. The molecule has 2 rings (SSSR count). The molecule has 0 unspecified atom stereocenters. The highest BCUT2D eigenvalue weighted by Gasteiger charge is 2.29. The smallest absolute Gasteiger partial charge is 0.288 e. The predicted molar refractivity (Wildman–Crippen MR) is 82.1 cm³/mol. The second kappa shape index (κ2) is 7.26.